The average molecular weight is 301 g/mol. The van der Waals surface area contributed by atoms with Gasteiger partial charge in [0, 0.05) is 19.1 Å². The highest BCUT2D eigenvalue weighted by atomic mass is 35.5. The smallest absolute Gasteiger partial charge is 0.145 e. The molecule has 1 saturated heterocycles. The van der Waals surface area contributed by atoms with E-state index >= 15 is 0 Å². The average Bonchev–Trinajstić information content (AvgIpc) is 2.44. The molecule has 1 heterocycles. The molecule has 1 aromatic rings. The lowest BCUT2D eigenvalue weighted by molar-refractivity contribution is -0.0401. The molecule has 2 N–H and O–H groups in total. The fraction of sp³-hybridized carbons (Fsp3) is 0.600. The lowest BCUT2D eigenvalue weighted by Gasteiger charge is -2.35. The van der Waals surface area contributed by atoms with Crippen molar-refractivity contribution in [2.75, 3.05) is 26.2 Å². The Morgan fingerprint density at radius 2 is 2.35 bits per heavy atom. The van der Waals surface area contributed by atoms with E-state index in [9.17, 15) is 4.39 Å². The zero-order valence-electron chi connectivity index (χ0n) is 11.8. The molecule has 1 aliphatic rings. The predicted molar refractivity (Wildman–Crippen MR) is 79.6 cm³/mol. The highest BCUT2D eigenvalue weighted by Gasteiger charge is 2.26. The monoisotopic (exact) mass is 300 g/mol. The molecule has 1 aliphatic heterocycles. The molecular weight excluding hydrogens is 279 g/mol. The molecule has 2 unspecified atom stereocenters. The van der Waals surface area contributed by atoms with E-state index in [0.29, 0.717) is 18.6 Å². The van der Waals surface area contributed by atoms with Crippen molar-refractivity contribution in [3.8, 4) is 0 Å². The molecule has 20 heavy (non-hydrogen) atoms. The van der Waals surface area contributed by atoms with Crippen LogP contribution < -0.4 is 5.73 Å². The number of benzene rings is 1. The maximum atomic E-state index is 13.9. The summed E-state index contributed by atoms with van der Waals surface area (Å²) in [6.07, 6.45) is 1.51. The Hall–Kier alpha value is -0.680. The van der Waals surface area contributed by atoms with Crippen LogP contribution in [0.25, 0.3) is 0 Å². The van der Waals surface area contributed by atoms with Gasteiger partial charge in [0.25, 0.3) is 0 Å². The van der Waals surface area contributed by atoms with Crippen molar-refractivity contribution in [3.63, 3.8) is 0 Å². The first-order chi connectivity index (χ1) is 9.61. The van der Waals surface area contributed by atoms with Crippen molar-refractivity contribution in [3.05, 3.63) is 34.6 Å². The van der Waals surface area contributed by atoms with Gasteiger partial charge in [-0.2, -0.15) is 0 Å². The molecule has 0 spiro atoms. The Bertz CT molecular complexity index is 442. The molecule has 0 aromatic heterocycles. The fourth-order valence-corrected chi connectivity index (χ4v) is 2.80. The Kier molecular flexibility index (Phi) is 5.78. The molecule has 0 radical (unpaired) electrons. The zero-order chi connectivity index (χ0) is 14.5. The normalized spacial score (nSPS) is 21.9. The molecule has 2 rings (SSSR count). The second-order valence-corrected chi connectivity index (χ2v) is 5.70. The summed E-state index contributed by atoms with van der Waals surface area (Å²) in [6, 6.07) is 4.81. The molecule has 0 saturated carbocycles. The number of halogens is 2. The quantitative estimate of drug-likeness (QED) is 0.908. The van der Waals surface area contributed by atoms with Crippen LogP contribution in [-0.2, 0) is 11.2 Å². The Labute approximate surface area is 124 Å². The van der Waals surface area contributed by atoms with Crippen molar-refractivity contribution >= 4 is 11.6 Å². The highest BCUT2D eigenvalue weighted by Crippen LogP contribution is 2.20. The highest BCUT2D eigenvalue weighted by molar-refractivity contribution is 6.30. The predicted octanol–water partition coefficient (Wildman–Crippen LogP) is 2.46. The van der Waals surface area contributed by atoms with Crippen LogP contribution >= 0.6 is 11.6 Å². The van der Waals surface area contributed by atoms with E-state index in [1.165, 1.54) is 0 Å². The number of rotatable bonds is 5. The van der Waals surface area contributed by atoms with Crippen molar-refractivity contribution in [2.24, 2.45) is 5.73 Å². The van der Waals surface area contributed by atoms with Gasteiger partial charge < -0.3 is 10.5 Å². The number of hydrogen-bond acceptors (Lipinski definition) is 3. The van der Waals surface area contributed by atoms with E-state index in [1.807, 2.05) is 0 Å². The van der Waals surface area contributed by atoms with Crippen molar-refractivity contribution in [2.45, 2.75) is 31.9 Å². The third kappa shape index (κ3) is 3.92. The van der Waals surface area contributed by atoms with Gasteiger partial charge in [0.15, 0.2) is 0 Å². The lowest BCUT2D eigenvalue weighted by atomic mass is 10.0. The SMILES string of the molecule is CCCN1CCOC(C(N)Cc2cccc(Cl)c2F)C1. The van der Waals surface area contributed by atoms with Gasteiger partial charge in [-0.05, 0) is 31.0 Å². The molecule has 5 heteroatoms. The van der Waals surface area contributed by atoms with Crippen LogP contribution in [0.15, 0.2) is 18.2 Å². The van der Waals surface area contributed by atoms with Gasteiger partial charge in [0.05, 0.1) is 17.7 Å². The van der Waals surface area contributed by atoms with Crippen LogP contribution in [0.2, 0.25) is 5.02 Å². The topological polar surface area (TPSA) is 38.5 Å². The van der Waals surface area contributed by atoms with Crippen LogP contribution in [0, 0.1) is 5.82 Å². The third-order valence-corrected chi connectivity index (χ3v) is 3.97. The van der Waals surface area contributed by atoms with Crippen LogP contribution in [0.4, 0.5) is 4.39 Å². The number of ether oxygens (including phenoxy) is 1. The van der Waals surface area contributed by atoms with E-state index in [-0.39, 0.29) is 23.0 Å². The molecule has 0 amide bonds. The van der Waals surface area contributed by atoms with Gasteiger partial charge in [0.2, 0.25) is 0 Å². The molecule has 0 aliphatic carbocycles. The maximum absolute atomic E-state index is 13.9. The molecule has 1 fully saturated rings. The number of morpholine rings is 1. The van der Waals surface area contributed by atoms with Gasteiger partial charge in [-0.25, -0.2) is 4.39 Å². The minimum atomic E-state index is -0.370. The van der Waals surface area contributed by atoms with Gasteiger partial charge in [-0.3, -0.25) is 4.90 Å². The summed E-state index contributed by atoms with van der Waals surface area (Å²) in [5.41, 5.74) is 6.75. The van der Waals surface area contributed by atoms with Gasteiger partial charge in [-0.15, -0.1) is 0 Å². The lowest BCUT2D eigenvalue weighted by Crippen LogP contribution is -2.51. The standard InChI is InChI=1S/C15H22ClFN2O/c1-2-6-19-7-8-20-14(10-19)13(18)9-11-4-3-5-12(16)15(11)17/h3-5,13-14H,2,6-10,18H2,1H3. The number of nitrogens with two attached hydrogens (primary N) is 1. The van der Waals surface area contributed by atoms with Gasteiger partial charge in [-0.1, -0.05) is 30.7 Å². The van der Waals surface area contributed by atoms with Crippen molar-refractivity contribution in [1.82, 2.24) is 4.90 Å². The second-order valence-electron chi connectivity index (χ2n) is 5.29. The van der Waals surface area contributed by atoms with Gasteiger partial charge in [0.1, 0.15) is 5.82 Å². The molecular formula is C15H22ClFN2O. The molecule has 3 nitrogen and oxygen atoms in total. The summed E-state index contributed by atoms with van der Waals surface area (Å²) in [5.74, 6) is -0.370. The largest absolute Gasteiger partial charge is 0.374 e. The van der Waals surface area contributed by atoms with E-state index in [2.05, 4.69) is 11.8 Å². The number of hydrogen-bond donors (Lipinski definition) is 1. The van der Waals surface area contributed by atoms with Crippen LogP contribution in [-0.4, -0.2) is 43.3 Å². The van der Waals surface area contributed by atoms with Crippen LogP contribution in [0.5, 0.6) is 0 Å². The fourth-order valence-electron chi connectivity index (χ4n) is 2.60. The minimum Gasteiger partial charge on any atom is -0.374 e. The summed E-state index contributed by atoms with van der Waals surface area (Å²) < 4.78 is 19.6. The summed E-state index contributed by atoms with van der Waals surface area (Å²) in [5, 5.41) is 0.145. The molecule has 2 atom stereocenters. The first-order valence-corrected chi connectivity index (χ1v) is 7.52. The molecule has 112 valence electrons. The molecule has 1 aromatic carbocycles. The van der Waals surface area contributed by atoms with Crippen molar-refractivity contribution in [1.29, 1.82) is 0 Å². The van der Waals surface area contributed by atoms with Crippen LogP contribution in [0.1, 0.15) is 18.9 Å². The summed E-state index contributed by atoms with van der Waals surface area (Å²) in [7, 11) is 0. The Morgan fingerprint density at radius 3 is 3.10 bits per heavy atom. The minimum absolute atomic E-state index is 0.0475. The Balaban J connectivity index is 1.97. The third-order valence-electron chi connectivity index (χ3n) is 3.68. The second kappa shape index (κ2) is 7.36. The summed E-state index contributed by atoms with van der Waals surface area (Å²) >= 11 is 5.79. The first-order valence-electron chi connectivity index (χ1n) is 7.14. The van der Waals surface area contributed by atoms with E-state index in [1.54, 1.807) is 18.2 Å². The Morgan fingerprint density at radius 1 is 1.55 bits per heavy atom. The maximum Gasteiger partial charge on any atom is 0.145 e. The van der Waals surface area contributed by atoms with Crippen LogP contribution in [0.3, 0.4) is 0 Å². The van der Waals surface area contributed by atoms with Gasteiger partial charge >= 0.3 is 0 Å². The van der Waals surface area contributed by atoms with E-state index < -0.39 is 0 Å². The summed E-state index contributed by atoms with van der Waals surface area (Å²) in [4.78, 5) is 2.35. The molecule has 0 bridgehead atoms. The van der Waals surface area contributed by atoms with Crippen molar-refractivity contribution < 1.29 is 9.13 Å². The summed E-state index contributed by atoms with van der Waals surface area (Å²) in [6.45, 7) is 5.67. The number of nitrogens with zero attached hydrogens (tertiary/aromatic N) is 1. The zero-order valence-corrected chi connectivity index (χ0v) is 12.6. The first kappa shape index (κ1) is 15.7. The van der Waals surface area contributed by atoms with E-state index in [0.717, 1.165) is 26.1 Å². The van der Waals surface area contributed by atoms with E-state index in [4.69, 9.17) is 22.1 Å².